The van der Waals surface area contributed by atoms with E-state index in [9.17, 15) is 18.0 Å². The van der Waals surface area contributed by atoms with E-state index in [0.717, 1.165) is 20.8 Å². The normalized spacial score (nSPS) is 11.8. The third-order valence-electron chi connectivity index (χ3n) is 6.56. The highest BCUT2D eigenvalue weighted by molar-refractivity contribution is 9.10. The average molecular weight is 661 g/mol. The first-order valence-electron chi connectivity index (χ1n) is 13.9. The quantitative estimate of drug-likeness (QED) is 0.235. The van der Waals surface area contributed by atoms with Crippen LogP contribution in [-0.2, 0) is 26.2 Å². The molecule has 11 heteroatoms. The van der Waals surface area contributed by atoms with Crippen LogP contribution in [0.2, 0.25) is 0 Å². The van der Waals surface area contributed by atoms with Gasteiger partial charge in [-0.25, -0.2) is 8.42 Å². The Morgan fingerprint density at radius 1 is 0.905 bits per heavy atom. The van der Waals surface area contributed by atoms with Crippen LogP contribution in [0.1, 0.15) is 39.2 Å². The molecular weight excluding hydrogens is 622 g/mol. The third kappa shape index (κ3) is 8.48. The fraction of sp³-hybridized carbons (Fsp3) is 0.355. The van der Waals surface area contributed by atoms with Gasteiger partial charge in [0.2, 0.25) is 11.8 Å². The summed E-state index contributed by atoms with van der Waals surface area (Å²) in [6, 6.07) is 19.1. The maximum Gasteiger partial charge on any atom is 0.264 e. The summed E-state index contributed by atoms with van der Waals surface area (Å²) in [5, 5.41) is 2.88. The standard InChI is InChI=1S/C31H38BrN3O6S/c1-5-20-33-31(37)29(6-2)34(21-23-8-14-26(40-4)15-9-23)30(36)22-35(25-12-16-27(17-13-25)41-7-3)42(38,39)28-18-10-24(32)11-19-28/h8-19,29H,5-7,20-22H2,1-4H3,(H,33,37)/t29-/m0/s1. The zero-order valence-electron chi connectivity index (χ0n) is 24.4. The van der Waals surface area contributed by atoms with E-state index in [4.69, 9.17) is 9.47 Å². The van der Waals surface area contributed by atoms with Gasteiger partial charge in [-0.2, -0.15) is 0 Å². The van der Waals surface area contributed by atoms with Crippen LogP contribution in [0, 0.1) is 0 Å². The zero-order valence-corrected chi connectivity index (χ0v) is 26.8. The Morgan fingerprint density at radius 3 is 2.07 bits per heavy atom. The van der Waals surface area contributed by atoms with Crippen molar-refractivity contribution in [1.29, 1.82) is 0 Å². The topological polar surface area (TPSA) is 105 Å². The first-order chi connectivity index (χ1) is 20.1. The summed E-state index contributed by atoms with van der Waals surface area (Å²) in [6.07, 6.45) is 1.09. The molecule has 2 amide bonds. The van der Waals surface area contributed by atoms with Crippen molar-refractivity contribution in [1.82, 2.24) is 10.2 Å². The number of rotatable bonds is 15. The van der Waals surface area contributed by atoms with Crippen molar-refractivity contribution in [3.8, 4) is 11.5 Å². The SMILES string of the molecule is CCCNC(=O)[C@H](CC)N(Cc1ccc(OC)cc1)C(=O)CN(c1ccc(OCC)cc1)S(=O)(=O)c1ccc(Br)cc1. The molecule has 0 unspecified atom stereocenters. The lowest BCUT2D eigenvalue weighted by Crippen LogP contribution is -2.52. The van der Waals surface area contributed by atoms with Crippen LogP contribution in [0.5, 0.6) is 11.5 Å². The minimum atomic E-state index is -4.17. The summed E-state index contributed by atoms with van der Waals surface area (Å²) in [6.45, 7) is 6.15. The van der Waals surface area contributed by atoms with Gasteiger partial charge in [-0.3, -0.25) is 13.9 Å². The van der Waals surface area contributed by atoms with Crippen molar-refractivity contribution in [2.75, 3.05) is 31.1 Å². The molecule has 0 radical (unpaired) electrons. The molecule has 226 valence electrons. The summed E-state index contributed by atoms with van der Waals surface area (Å²) in [7, 11) is -2.60. The summed E-state index contributed by atoms with van der Waals surface area (Å²) < 4.78 is 40.5. The number of nitrogens with one attached hydrogen (secondary N) is 1. The minimum Gasteiger partial charge on any atom is -0.497 e. The van der Waals surface area contributed by atoms with Gasteiger partial charge in [0.05, 0.1) is 24.3 Å². The summed E-state index contributed by atoms with van der Waals surface area (Å²) in [5.41, 5.74) is 1.07. The second-order valence-electron chi connectivity index (χ2n) is 9.48. The Balaban J connectivity index is 2.04. The summed E-state index contributed by atoms with van der Waals surface area (Å²) in [5.74, 6) is 0.434. The lowest BCUT2D eigenvalue weighted by Gasteiger charge is -2.33. The largest absolute Gasteiger partial charge is 0.497 e. The van der Waals surface area contributed by atoms with Crippen molar-refractivity contribution in [2.45, 2.75) is 51.1 Å². The number of anilines is 1. The molecule has 0 bridgehead atoms. The van der Waals surface area contributed by atoms with Gasteiger partial charge in [0.15, 0.2) is 0 Å². The minimum absolute atomic E-state index is 0.0295. The average Bonchev–Trinajstić information content (AvgIpc) is 2.99. The van der Waals surface area contributed by atoms with Gasteiger partial charge in [0.1, 0.15) is 24.1 Å². The molecule has 0 heterocycles. The fourth-order valence-corrected chi connectivity index (χ4v) is 6.03. The summed E-state index contributed by atoms with van der Waals surface area (Å²) >= 11 is 3.34. The molecule has 3 aromatic carbocycles. The predicted molar refractivity (Wildman–Crippen MR) is 167 cm³/mol. The highest BCUT2D eigenvalue weighted by Gasteiger charge is 2.33. The molecule has 0 aromatic heterocycles. The van der Waals surface area contributed by atoms with Gasteiger partial charge in [0.25, 0.3) is 10.0 Å². The van der Waals surface area contributed by atoms with Crippen molar-refractivity contribution in [3.05, 3.63) is 82.8 Å². The van der Waals surface area contributed by atoms with Crippen LogP contribution in [-0.4, -0.2) is 58.0 Å². The molecule has 0 saturated carbocycles. The fourth-order valence-electron chi connectivity index (χ4n) is 4.35. The highest BCUT2D eigenvalue weighted by atomic mass is 79.9. The molecule has 42 heavy (non-hydrogen) atoms. The Bertz CT molecular complexity index is 1410. The lowest BCUT2D eigenvalue weighted by molar-refractivity contribution is -0.140. The van der Waals surface area contributed by atoms with Crippen molar-refractivity contribution in [3.63, 3.8) is 0 Å². The molecule has 1 N–H and O–H groups in total. The molecular formula is C31H38BrN3O6S. The van der Waals surface area contributed by atoms with Crippen LogP contribution in [0.15, 0.2) is 82.2 Å². The Morgan fingerprint density at radius 2 is 1.52 bits per heavy atom. The number of hydrogen-bond acceptors (Lipinski definition) is 6. The molecule has 0 spiro atoms. The number of amides is 2. The summed E-state index contributed by atoms with van der Waals surface area (Å²) in [4.78, 5) is 28.8. The van der Waals surface area contributed by atoms with Gasteiger partial charge < -0.3 is 19.7 Å². The molecule has 1 atom stereocenters. The molecule has 0 fully saturated rings. The Kier molecular flexibility index (Phi) is 12.2. The van der Waals surface area contributed by atoms with E-state index in [1.54, 1.807) is 55.6 Å². The first-order valence-corrected chi connectivity index (χ1v) is 16.1. The predicted octanol–water partition coefficient (Wildman–Crippen LogP) is 5.39. The number of benzene rings is 3. The number of ether oxygens (including phenoxy) is 2. The lowest BCUT2D eigenvalue weighted by atomic mass is 10.1. The first kappa shape index (κ1) is 32.9. The Hall–Kier alpha value is -3.57. The molecule has 0 aliphatic carbocycles. The van der Waals surface area contributed by atoms with Gasteiger partial charge in [0, 0.05) is 17.6 Å². The number of halogens is 1. The maximum atomic E-state index is 14.1. The van der Waals surface area contributed by atoms with E-state index in [0.29, 0.717) is 36.8 Å². The molecule has 9 nitrogen and oxygen atoms in total. The van der Waals surface area contributed by atoms with Crippen LogP contribution in [0.4, 0.5) is 5.69 Å². The van der Waals surface area contributed by atoms with E-state index < -0.39 is 28.5 Å². The van der Waals surface area contributed by atoms with Crippen molar-refractivity contribution >= 4 is 43.5 Å². The Labute approximate surface area is 257 Å². The monoisotopic (exact) mass is 659 g/mol. The van der Waals surface area contributed by atoms with Crippen LogP contribution in [0.3, 0.4) is 0 Å². The zero-order chi connectivity index (χ0) is 30.7. The highest BCUT2D eigenvalue weighted by Crippen LogP contribution is 2.28. The second kappa shape index (κ2) is 15.6. The van der Waals surface area contributed by atoms with Gasteiger partial charge in [-0.05, 0) is 86.0 Å². The number of methoxy groups -OCH3 is 1. The molecule has 0 saturated heterocycles. The van der Waals surface area contributed by atoms with Gasteiger partial charge >= 0.3 is 0 Å². The van der Waals surface area contributed by atoms with E-state index in [1.807, 2.05) is 32.9 Å². The molecule has 3 aromatic rings. The third-order valence-corrected chi connectivity index (χ3v) is 8.88. The maximum absolute atomic E-state index is 14.1. The van der Waals surface area contributed by atoms with Gasteiger partial charge in [-0.15, -0.1) is 0 Å². The number of carbonyl (C=O) groups is 2. The van der Waals surface area contributed by atoms with Crippen LogP contribution >= 0.6 is 15.9 Å². The number of carbonyl (C=O) groups excluding carboxylic acids is 2. The number of hydrogen-bond donors (Lipinski definition) is 1. The molecule has 0 aliphatic heterocycles. The number of nitrogens with zero attached hydrogens (tertiary/aromatic N) is 2. The van der Waals surface area contributed by atoms with Crippen molar-refractivity contribution < 1.29 is 27.5 Å². The van der Waals surface area contributed by atoms with Gasteiger partial charge in [-0.1, -0.05) is 41.9 Å². The van der Waals surface area contributed by atoms with E-state index in [1.165, 1.54) is 17.0 Å². The second-order valence-corrected chi connectivity index (χ2v) is 12.3. The van der Waals surface area contributed by atoms with E-state index in [2.05, 4.69) is 21.2 Å². The smallest absolute Gasteiger partial charge is 0.264 e. The van der Waals surface area contributed by atoms with Crippen molar-refractivity contribution in [2.24, 2.45) is 0 Å². The molecule has 0 aliphatic rings. The number of sulfonamides is 1. The van der Waals surface area contributed by atoms with E-state index >= 15 is 0 Å². The van der Waals surface area contributed by atoms with Crippen LogP contribution in [0.25, 0.3) is 0 Å². The van der Waals surface area contributed by atoms with E-state index in [-0.39, 0.29) is 17.3 Å². The molecule has 3 rings (SSSR count). The van der Waals surface area contributed by atoms with Crippen LogP contribution < -0.4 is 19.1 Å².